The van der Waals surface area contributed by atoms with Gasteiger partial charge in [0.15, 0.2) is 5.76 Å². The second kappa shape index (κ2) is 7.68. The van der Waals surface area contributed by atoms with E-state index in [1.165, 1.54) is 6.26 Å². The Hall–Kier alpha value is -3.05. The number of halogens is 1. The first-order valence-corrected chi connectivity index (χ1v) is 7.97. The molecule has 1 heterocycles. The highest BCUT2D eigenvalue weighted by atomic mass is 35.5. The van der Waals surface area contributed by atoms with E-state index in [2.05, 4.69) is 10.6 Å². The average molecular weight is 355 g/mol. The van der Waals surface area contributed by atoms with Gasteiger partial charge < -0.3 is 15.1 Å². The third-order valence-corrected chi connectivity index (χ3v) is 3.73. The molecular formula is C19H15ClN2O3. The van der Waals surface area contributed by atoms with Gasteiger partial charge in [0.05, 0.1) is 6.26 Å². The van der Waals surface area contributed by atoms with Gasteiger partial charge in [0.2, 0.25) is 0 Å². The highest BCUT2D eigenvalue weighted by Crippen LogP contribution is 2.13. The summed E-state index contributed by atoms with van der Waals surface area (Å²) in [6, 6.07) is 17.1. The first-order valence-electron chi connectivity index (χ1n) is 7.59. The Kier molecular flexibility index (Phi) is 5.16. The topological polar surface area (TPSA) is 71.3 Å². The number of hydrogen-bond acceptors (Lipinski definition) is 3. The number of carbonyl (C=O) groups is 2. The van der Waals surface area contributed by atoms with Gasteiger partial charge in [0, 0.05) is 22.8 Å². The first kappa shape index (κ1) is 16.8. The van der Waals surface area contributed by atoms with Crippen LogP contribution in [0.1, 0.15) is 26.5 Å². The van der Waals surface area contributed by atoms with Crippen molar-refractivity contribution in [1.29, 1.82) is 0 Å². The molecule has 0 aliphatic heterocycles. The van der Waals surface area contributed by atoms with E-state index in [0.717, 1.165) is 5.56 Å². The number of amides is 2. The molecule has 25 heavy (non-hydrogen) atoms. The largest absolute Gasteiger partial charge is 0.459 e. The highest BCUT2D eigenvalue weighted by molar-refractivity contribution is 6.30. The summed E-state index contributed by atoms with van der Waals surface area (Å²) in [5.41, 5.74) is 1.99. The molecule has 0 fully saturated rings. The maximum atomic E-state index is 12.2. The molecule has 3 aromatic rings. The standard InChI is InChI=1S/C19H15ClN2O3/c20-15-4-1-3-13(11-15)12-21-18(23)14-6-8-16(9-7-14)22-19(24)17-5-2-10-25-17/h1-11H,12H2,(H,21,23)(H,22,24). The molecule has 6 heteroatoms. The number of rotatable bonds is 5. The van der Waals surface area contributed by atoms with Crippen LogP contribution < -0.4 is 10.6 Å². The summed E-state index contributed by atoms with van der Waals surface area (Å²) in [5, 5.41) is 6.15. The maximum Gasteiger partial charge on any atom is 0.291 e. The molecule has 2 aromatic carbocycles. The number of benzene rings is 2. The van der Waals surface area contributed by atoms with Gasteiger partial charge in [-0.2, -0.15) is 0 Å². The van der Waals surface area contributed by atoms with Crippen molar-refractivity contribution in [2.45, 2.75) is 6.54 Å². The Morgan fingerprint density at radius 3 is 2.44 bits per heavy atom. The van der Waals surface area contributed by atoms with Crippen molar-refractivity contribution in [1.82, 2.24) is 5.32 Å². The summed E-state index contributed by atoms with van der Waals surface area (Å²) in [5.74, 6) is -0.324. The van der Waals surface area contributed by atoms with Crippen LogP contribution in [0.3, 0.4) is 0 Å². The maximum absolute atomic E-state index is 12.2. The molecule has 0 unspecified atom stereocenters. The van der Waals surface area contributed by atoms with Crippen LogP contribution in [0, 0.1) is 0 Å². The van der Waals surface area contributed by atoms with E-state index in [1.807, 2.05) is 12.1 Å². The summed E-state index contributed by atoms with van der Waals surface area (Å²) in [6.07, 6.45) is 1.43. The third-order valence-electron chi connectivity index (χ3n) is 3.49. The van der Waals surface area contributed by atoms with Crippen molar-refractivity contribution in [2.24, 2.45) is 0 Å². The number of hydrogen-bond donors (Lipinski definition) is 2. The summed E-state index contributed by atoms with van der Waals surface area (Å²) in [6.45, 7) is 0.385. The molecule has 0 aliphatic carbocycles. The number of furan rings is 1. The van der Waals surface area contributed by atoms with Gasteiger partial charge in [0.25, 0.3) is 11.8 Å². The van der Waals surface area contributed by atoms with Gasteiger partial charge in [-0.1, -0.05) is 23.7 Å². The van der Waals surface area contributed by atoms with E-state index in [1.54, 1.807) is 48.5 Å². The van der Waals surface area contributed by atoms with Crippen molar-refractivity contribution >= 4 is 29.1 Å². The van der Waals surface area contributed by atoms with Gasteiger partial charge in [0.1, 0.15) is 0 Å². The van der Waals surface area contributed by atoms with Gasteiger partial charge in [-0.15, -0.1) is 0 Å². The van der Waals surface area contributed by atoms with Crippen LogP contribution in [0.15, 0.2) is 71.3 Å². The molecule has 1 aromatic heterocycles. The minimum Gasteiger partial charge on any atom is -0.459 e. The highest BCUT2D eigenvalue weighted by Gasteiger charge is 2.10. The van der Waals surface area contributed by atoms with Crippen molar-refractivity contribution < 1.29 is 14.0 Å². The van der Waals surface area contributed by atoms with Crippen LogP contribution >= 0.6 is 11.6 Å². The molecule has 5 nitrogen and oxygen atoms in total. The fourth-order valence-corrected chi connectivity index (χ4v) is 2.45. The lowest BCUT2D eigenvalue weighted by Crippen LogP contribution is -2.22. The fourth-order valence-electron chi connectivity index (χ4n) is 2.24. The minimum atomic E-state index is -0.344. The summed E-state index contributed by atoms with van der Waals surface area (Å²) in [4.78, 5) is 24.1. The van der Waals surface area contributed by atoms with E-state index < -0.39 is 0 Å². The fraction of sp³-hybridized carbons (Fsp3) is 0.0526. The Labute approximate surface area is 149 Å². The van der Waals surface area contributed by atoms with Gasteiger partial charge in [-0.05, 0) is 54.1 Å². The van der Waals surface area contributed by atoms with Crippen LogP contribution in [0.2, 0.25) is 5.02 Å². The van der Waals surface area contributed by atoms with Crippen LogP contribution in [0.4, 0.5) is 5.69 Å². The number of anilines is 1. The quantitative estimate of drug-likeness (QED) is 0.724. The van der Waals surface area contributed by atoms with E-state index in [0.29, 0.717) is 22.8 Å². The normalized spacial score (nSPS) is 10.3. The van der Waals surface area contributed by atoms with E-state index >= 15 is 0 Å². The molecule has 2 amide bonds. The van der Waals surface area contributed by atoms with Crippen molar-refractivity contribution in [3.8, 4) is 0 Å². The molecule has 0 atom stereocenters. The van der Waals surface area contributed by atoms with E-state index in [4.69, 9.17) is 16.0 Å². The predicted octanol–water partition coefficient (Wildman–Crippen LogP) is 4.12. The molecule has 0 spiro atoms. The van der Waals surface area contributed by atoms with Gasteiger partial charge >= 0.3 is 0 Å². The molecule has 2 N–H and O–H groups in total. The Morgan fingerprint density at radius 2 is 1.76 bits per heavy atom. The number of carbonyl (C=O) groups excluding carboxylic acids is 2. The zero-order valence-corrected chi connectivity index (χ0v) is 13.9. The molecular weight excluding hydrogens is 340 g/mol. The Bertz CT molecular complexity index is 874. The molecule has 0 radical (unpaired) electrons. The molecule has 3 rings (SSSR count). The minimum absolute atomic E-state index is 0.205. The average Bonchev–Trinajstić information content (AvgIpc) is 3.15. The zero-order valence-electron chi connectivity index (χ0n) is 13.2. The summed E-state index contributed by atoms with van der Waals surface area (Å²) < 4.78 is 5.03. The number of nitrogens with one attached hydrogen (secondary N) is 2. The second-order valence-electron chi connectivity index (χ2n) is 5.32. The van der Waals surface area contributed by atoms with Crippen LogP contribution in [-0.4, -0.2) is 11.8 Å². The van der Waals surface area contributed by atoms with E-state index in [9.17, 15) is 9.59 Å². The lowest BCUT2D eigenvalue weighted by Gasteiger charge is -2.07. The Morgan fingerprint density at radius 1 is 0.960 bits per heavy atom. The van der Waals surface area contributed by atoms with Crippen LogP contribution in [0.5, 0.6) is 0 Å². The van der Waals surface area contributed by atoms with Gasteiger partial charge in [-0.25, -0.2) is 0 Å². The van der Waals surface area contributed by atoms with Crippen LogP contribution in [-0.2, 0) is 6.54 Å². The SMILES string of the molecule is O=C(NCc1cccc(Cl)c1)c1ccc(NC(=O)c2ccco2)cc1. The van der Waals surface area contributed by atoms with Gasteiger partial charge in [-0.3, -0.25) is 9.59 Å². The van der Waals surface area contributed by atoms with Crippen molar-refractivity contribution in [3.63, 3.8) is 0 Å². The molecule has 0 saturated heterocycles. The van der Waals surface area contributed by atoms with Crippen LogP contribution in [0.25, 0.3) is 0 Å². The predicted molar refractivity (Wildman–Crippen MR) is 95.7 cm³/mol. The molecule has 126 valence electrons. The summed E-state index contributed by atoms with van der Waals surface area (Å²) in [7, 11) is 0. The van der Waals surface area contributed by atoms with E-state index in [-0.39, 0.29) is 17.6 Å². The Balaban J connectivity index is 1.58. The smallest absolute Gasteiger partial charge is 0.291 e. The molecule has 0 saturated carbocycles. The lowest BCUT2D eigenvalue weighted by molar-refractivity contribution is 0.0950. The monoisotopic (exact) mass is 354 g/mol. The first-order chi connectivity index (χ1) is 12.1. The lowest BCUT2D eigenvalue weighted by atomic mass is 10.1. The molecule has 0 bridgehead atoms. The second-order valence-corrected chi connectivity index (χ2v) is 5.76. The third kappa shape index (κ3) is 4.49. The molecule has 0 aliphatic rings. The zero-order chi connectivity index (χ0) is 17.6. The summed E-state index contributed by atoms with van der Waals surface area (Å²) >= 11 is 5.92. The van der Waals surface area contributed by atoms with Crippen molar-refractivity contribution in [3.05, 3.63) is 88.8 Å². The van der Waals surface area contributed by atoms with Crippen molar-refractivity contribution in [2.75, 3.05) is 5.32 Å².